The zero-order valence-corrected chi connectivity index (χ0v) is 11.0. The molecule has 0 unspecified atom stereocenters. The Hall–Kier alpha value is -3.09. The predicted molar refractivity (Wildman–Crippen MR) is 73.1 cm³/mol. The molecule has 0 radical (unpaired) electrons. The summed E-state index contributed by atoms with van der Waals surface area (Å²) in [7, 11) is 1.29. The summed E-state index contributed by atoms with van der Waals surface area (Å²) >= 11 is 0. The number of esters is 1. The number of phenolic OH excluding ortho intramolecular Hbond substituents is 2. The molecule has 0 aliphatic carbocycles. The molecule has 0 fully saturated rings. The lowest BCUT2D eigenvalue weighted by Gasteiger charge is -2.05. The monoisotopic (exact) mass is 285 g/mol. The van der Waals surface area contributed by atoms with Gasteiger partial charge in [-0.2, -0.15) is 0 Å². The van der Waals surface area contributed by atoms with Gasteiger partial charge < -0.3 is 14.9 Å². The van der Waals surface area contributed by atoms with Gasteiger partial charge in [-0.1, -0.05) is 0 Å². The van der Waals surface area contributed by atoms with Crippen molar-refractivity contribution >= 4 is 11.6 Å². The molecule has 2 heterocycles. The van der Waals surface area contributed by atoms with Crippen LogP contribution in [0.2, 0.25) is 0 Å². The molecule has 21 heavy (non-hydrogen) atoms. The van der Waals surface area contributed by atoms with Crippen molar-refractivity contribution in [2.24, 2.45) is 0 Å². The summed E-state index contributed by atoms with van der Waals surface area (Å²) in [6.07, 6.45) is 1.51. The summed E-state index contributed by atoms with van der Waals surface area (Å²) in [5, 5.41) is 27.4. The molecule has 2 aromatic heterocycles. The highest BCUT2D eigenvalue weighted by molar-refractivity contribution is 5.89. The van der Waals surface area contributed by atoms with Gasteiger partial charge in [0.2, 0.25) is 0 Å². The molecule has 106 valence electrons. The molecule has 7 heteroatoms. The van der Waals surface area contributed by atoms with Crippen LogP contribution in [0.4, 0.5) is 0 Å². The molecule has 3 rings (SSSR count). The Morgan fingerprint density at radius 2 is 2.00 bits per heavy atom. The number of hydrogen-bond acceptors (Lipinski definition) is 6. The molecule has 0 amide bonds. The summed E-state index contributed by atoms with van der Waals surface area (Å²) in [4.78, 5) is 11.6. The van der Waals surface area contributed by atoms with Gasteiger partial charge in [-0.05, 0) is 30.3 Å². The first-order valence-corrected chi connectivity index (χ1v) is 6.05. The van der Waals surface area contributed by atoms with Crippen LogP contribution in [0.3, 0.4) is 0 Å². The minimum Gasteiger partial charge on any atom is -0.508 e. The van der Waals surface area contributed by atoms with Crippen molar-refractivity contribution in [2.45, 2.75) is 0 Å². The van der Waals surface area contributed by atoms with Crippen LogP contribution in [0.1, 0.15) is 10.4 Å². The number of aromatic hydroxyl groups is 2. The third-order valence-electron chi connectivity index (χ3n) is 3.04. The van der Waals surface area contributed by atoms with Gasteiger partial charge in [0.25, 0.3) is 0 Å². The molecule has 0 aliphatic heterocycles. The van der Waals surface area contributed by atoms with Crippen molar-refractivity contribution in [1.29, 1.82) is 0 Å². The van der Waals surface area contributed by atoms with Gasteiger partial charge in [0.15, 0.2) is 11.5 Å². The number of methoxy groups -OCH3 is 1. The molecule has 0 atom stereocenters. The fraction of sp³-hybridized carbons (Fsp3) is 0.0714. The van der Waals surface area contributed by atoms with Gasteiger partial charge in [-0.3, -0.25) is 4.40 Å². The molecule has 7 nitrogen and oxygen atoms in total. The van der Waals surface area contributed by atoms with E-state index in [1.807, 2.05) is 0 Å². The Balaban J connectivity index is 2.23. The molecule has 3 aromatic rings. The molecular formula is C14H11N3O4. The van der Waals surface area contributed by atoms with Gasteiger partial charge in [0.05, 0.1) is 18.2 Å². The fourth-order valence-corrected chi connectivity index (χ4v) is 2.02. The zero-order valence-electron chi connectivity index (χ0n) is 11.0. The largest absolute Gasteiger partial charge is 0.508 e. The molecule has 0 bridgehead atoms. The first kappa shape index (κ1) is 12.9. The van der Waals surface area contributed by atoms with E-state index >= 15 is 0 Å². The SMILES string of the molecule is COC(=O)c1ccc2nnc(-c3cc(O)ccc3O)n2c1. The maximum absolute atomic E-state index is 11.6. The highest BCUT2D eigenvalue weighted by Gasteiger charge is 2.15. The zero-order chi connectivity index (χ0) is 15.0. The average molecular weight is 285 g/mol. The van der Waals surface area contributed by atoms with Gasteiger partial charge in [-0.25, -0.2) is 4.79 Å². The van der Waals surface area contributed by atoms with Crippen molar-refractivity contribution in [3.63, 3.8) is 0 Å². The van der Waals surface area contributed by atoms with Crippen LogP contribution in [-0.2, 0) is 4.74 Å². The Morgan fingerprint density at radius 1 is 1.19 bits per heavy atom. The van der Waals surface area contributed by atoms with Crippen LogP contribution in [-0.4, -0.2) is 37.9 Å². The standard InChI is InChI=1S/C14H11N3O4/c1-21-14(20)8-2-5-12-15-16-13(17(12)7-8)10-6-9(18)3-4-11(10)19/h2-7,18-19H,1H3. The van der Waals surface area contributed by atoms with E-state index in [0.29, 0.717) is 22.6 Å². The predicted octanol–water partition coefficient (Wildman–Crippen LogP) is 1.59. The maximum atomic E-state index is 11.6. The normalized spacial score (nSPS) is 10.7. The topological polar surface area (TPSA) is 97.0 Å². The van der Waals surface area contributed by atoms with E-state index in [4.69, 9.17) is 0 Å². The molecular weight excluding hydrogens is 274 g/mol. The number of aromatic nitrogens is 3. The van der Waals surface area contributed by atoms with E-state index < -0.39 is 5.97 Å². The van der Waals surface area contributed by atoms with E-state index in [1.54, 1.807) is 16.5 Å². The Bertz CT molecular complexity index is 841. The minimum absolute atomic E-state index is 0.0105. The van der Waals surface area contributed by atoms with E-state index in [2.05, 4.69) is 14.9 Å². The van der Waals surface area contributed by atoms with Crippen LogP contribution in [0.5, 0.6) is 11.5 Å². The molecule has 0 saturated carbocycles. The number of nitrogens with zero attached hydrogens (tertiary/aromatic N) is 3. The number of ether oxygens (including phenoxy) is 1. The first-order valence-electron chi connectivity index (χ1n) is 6.05. The number of pyridine rings is 1. The van der Waals surface area contributed by atoms with E-state index in [1.165, 1.54) is 31.5 Å². The van der Waals surface area contributed by atoms with Crippen molar-refractivity contribution in [3.05, 3.63) is 42.1 Å². The third kappa shape index (κ3) is 2.14. The van der Waals surface area contributed by atoms with Crippen LogP contribution < -0.4 is 0 Å². The summed E-state index contributed by atoms with van der Waals surface area (Å²) in [6.45, 7) is 0. The lowest BCUT2D eigenvalue weighted by atomic mass is 10.1. The summed E-state index contributed by atoms with van der Waals surface area (Å²) in [5.74, 6) is -0.241. The van der Waals surface area contributed by atoms with E-state index in [9.17, 15) is 15.0 Å². The molecule has 1 aromatic carbocycles. The number of benzene rings is 1. The van der Waals surface area contributed by atoms with Crippen molar-refractivity contribution in [3.8, 4) is 22.9 Å². The Morgan fingerprint density at radius 3 is 2.76 bits per heavy atom. The maximum Gasteiger partial charge on any atom is 0.339 e. The highest BCUT2D eigenvalue weighted by atomic mass is 16.5. The smallest absolute Gasteiger partial charge is 0.339 e. The van der Waals surface area contributed by atoms with Crippen LogP contribution in [0.15, 0.2) is 36.5 Å². The summed E-state index contributed by atoms with van der Waals surface area (Å²) in [6, 6.07) is 7.28. The first-order chi connectivity index (χ1) is 10.1. The van der Waals surface area contributed by atoms with Crippen LogP contribution in [0, 0.1) is 0 Å². The lowest BCUT2D eigenvalue weighted by Crippen LogP contribution is -2.03. The minimum atomic E-state index is -0.489. The second-order valence-electron chi connectivity index (χ2n) is 4.36. The number of carbonyl (C=O) groups is 1. The molecule has 0 saturated heterocycles. The van der Waals surface area contributed by atoms with E-state index in [-0.39, 0.29) is 11.5 Å². The molecule has 0 spiro atoms. The lowest BCUT2D eigenvalue weighted by molar-refractivity contribution is 0.0600. The number of hydrogen-bond donors (Lipinski definition) is 2. The van der Waals surface area contributed by atoms with Crippen molar-refractivity contribution in [1.82, 2.24) is 14.6 Å². The summed E-state index contributed by atoms with van der Waals surface area (Å²) in [5.41, 5.74) is 1.13. The number of carbonyl (C=O) groups excluding carboxylic acids is 1. The Kier molecular flexibility index (Phi) is 2.94. The number of phenols is 2. The van der Waals surface area contributed by atoms with Crippen molar-refractivity contribution < 1.29 is 19.7 Å². The molecule has 2 N–H and O–H groups in total. The number of fused-ring (bicyclic) bond motifs is 1. The fourth-order valence-electron chi connectivity index (χ4n) is 2.02. The Labute approximate surface area is 119 Å². The summed E-state index contributed by atoms with van der Waals surface area (Å²) < 4.78 is 6.21. The average Bonchev–Trinajstić information content (AvgIpc) is 2.91. The van der Waals surface area contributed by atoms with Gasteiger partial charge in [-0.15, -0.1) is 10.2 Å². The third-order valence-corrected chi connectivity index (χ3v) is 3.04. The van der Waals surface area contributed by atoms with Crippen molar-refractivity contribution in [2.75, 3.05) is 7.11 Å². The van der Waals surface area contributed by atoms with Crippen LogP contribution >= 0.6 is 0 Å². The highest BCUT2D eigenvalue weighted by Crippen LogP contribution is 2.31. The van der Waals surface area contributed by atoms with Gasteiger partial charge in [0, 0.05) is 6.20 Å². The van der Waals surface area contributed by atoms with Crippen LogP contribution in [0.25, 0.3) is 17.0 Å². The van der Waals surface area contributed by atoms with E-state index in [0.717, 1.165) is 0 Å². The number of rotatable bonds is 2. The van der Waals surface area contributed by atoms with Gasteiger partial charge in [0.1, 0.15) is 11.5 Å². The second kappa shape index (κ2) is 4.78. The second-order valence-corrected chi connectivity index (χ2v) is 4.36. The quantitative estimate of drug-likeness (QED) is 0.548. The van der Waals surface area contributed by atoms with Gasteiger partial charge >= 0.3 is 5.97 Å². The molecule has 0 aliphatic rings.